The van der Waals surface area contributed by atoms with E-state index in [9.17, 15) is 13.2 Å². The second-order valence-electron chi connectivity index (χ2n) is 5.88. The van der Waals surface area contributed by atoms with Crippen molar-refractivity contribution in [1.29, 1.82) is 0 Å². The molecule has 0 saturated heterocycles. The van der Waals surface area contributed by atoms with Gasteiger partial charge >= 0.3 is 0 Å². The molecule has 0 spiro atoms. The lowest BCUT2D eigenvalue weighted by Crippen LogP contribution is -2.49. The Labute approximate surface area is 129 Å². The Morgan fingerprint density at radius 2 is 1.76 bits per heavy atom. The van der Waals surface area contributed by atoms with Crippen LogP contribution >= 0.6 is 0 Å². The summed E-state index contributed by atoms with van der Waals surface area (Å²) in [6, 6.07) is -0.518. The van der Waals surface area contributed by atoms with Gasteiger partial charge in [-0.3, -0.25) is 4.79 Å². The number of nitrogens with two attached hydrogens (primary N) is 1. The number of sulfone groups is 1. The van der Waals surface area contributed by atoms with E-state index in [2.05, 4.69) is 24.1 Å². The lowest BCUT2D eigenvalue weighted by atomic mass is 9.93. The van der Waals surface area contributed by atoms with Gasteiger partial charge in [-0.15, -0.1) is 0 Å². The van der Waals surface area contributed by atoms with Gasteiger partial charge in [-0.2, -0.15) is 0 Å². The molecule has 0 fully saturated rings. The zero-order chi connectivity index (χ0) is 16.6. The van der Waals surface area contributed by atoms with Crippen molar-refractivity contribution in [3.63, 3.8) is 0 Å². The van der Waals surface area contributed by atoms with Crippen LogP contribution in [0.3, 0.4) is 0 Å². The van der Waals surface area contributed by atoms with E-state index in [-0.39, 0.29) is 24.1 Å². The van der Waals surface area contributed by atoms with E-state index >= 15 is 0 Å². The van der Waals surface area contributed by atoms with Crippen LogP contribution in [0.4, 0.5) is 0 Å². The number of likely N-dealkylation sites (N-methyl/N-ethyl adjacent to an activating group) is 1. The molecule has 21 heavy (non-hydrogen) atoms. The summed E-state index contributed by atoms with van der Waals surface area (Å²) in [5.74, 6) is 0.162. The predicted octanol–water partition coefficient (Wildman–Crippen LogP) is 0.231. The maximum absolute atomic E-state index is 11.9. The van der Waals surface area contributed by atoms with E-state index in [0.29, 0.717) is 12.5 Å². The molecule has 0 aliphatic heterocycles. The Bertz CT molecular complexity index is 406. The van der Waals surface area contributed by atoms with Gasteiger partial charge in [0.1, 0.15) is 9.84 Å². The zero-order valence-corrected chi connectivity index (χ0v) is 14.7. The fourth-order valence-corrected chi connectivity index (χ4v) is 3.09. The molecule has 3 N–H and O–H groups in total. The number of amides is 1. The van der Waals surface area contributed by atoms with Crippen LogP contribution in [0.5, 0.6) is 0 Å². The summed E-state index contributed by atoms with van der Waals surface area (Å²) in [7, 11) is 0.910. The van der Waals surface area contributed by atoms with Crippen molar-refractivity contribution in [3.8, 4) is 0 Å². The van der Waals surface area contributed by atoms with E-state index in [1.165, 1.54) is 0 Å². The fourth-order valence-electron chi connectivity index (χ4n) is 2.41. The van der Waals surface area contributed by atoms with Gasteiger partial charge in [0, 0.05) is 18.8 Å². The molecule has 2 atom stereocenters. The minimum Gasteiger partial charge on any atom is -0.353 e. The van der Waals surface area contributed by atoms with Gasteiger partial charge in [-0.25, -0.2) is 8.42 Å². The Kier molecular flexibility index (Phi) is 9.08. The lowest BCUT2D eigenvalue weighted by molar-refractivity contribution is -0.122. The Morgan fingerprint density at radius 1 is 1.24 bits per heavy atom. The molecule has 0 bridgehead atoms. The standard InChI is InChI=1S/C14H31N3O3S/c1-6-11(7-2)13(17(3)4)10-16-14(18)12(15)8-9-21(5,19)20/h11-13H,6-10,15H2,1-5H3,(H,16,18). The molecular formula is C14H31N3O3S. The van der Waals surface area contributed by atoms with Gasteiger partial charge in [-0.05, 0) is 26.4 Å². The summed E-state index contributed by atoms with van der Waals surface area (Å²) >= 11 is 0. The largest absolute Gasteiger partial charge is 0.353 e. The van der Waals surface area contributed by atoms with E-state index in [1.807, 2.05) is 14.1 Å². The second kappa shape index (κ2) is 9.38. The first-order chi connectivity index (χ1) is 9.62. The van der Waals surface area contributed by atoms with E-state index < -0.39 is 15.9 Å². The van der Waals surface area contributed by atoms with E-state index in [0.717, 1.165) is 19.1 Å². The number of hydrogen-bond acceptors (Lipinski definition) is 5. The molecule has 0 aromatic heterocycles. The summed E-state index contributed by atoms with van der Waals surface area (Å²) in [6.07, 6.45) is 3.40. The Hall–Kier alpha value is -0.660. The highest BCUT2D eigenvalue weighted by Crippen LogP contribution is 2.16. The summed E-state index contributed by atoms with van der Waals surface area (Å²) in [6.45, 7) is 4.82. The molecule has 0 rings (SSSR count). The molecule has 6 nitrogen and oxygen atoms in total. The quantitative estimate of drug-likeness (QED) is 0.601. The van der Waals surface area contributed by atoms with Crippen LogP contribution in [0.25, 0.3) is 0 Å². The normalized spacial score (nSPS) is 15.2. The third kappa shape index (κ3) is 8.38. The topological polar surface area (TPSA) is 92.5 Å². The highest BCUT2D eigenvalue weighted by molar-refractivity contribution is 7.90. The lowest BCUT2D eigenvalue weighted by Gasteiger charge is -2.31. The first-order valence-electron chi connectivity index (χ1n) is 7.49. The summed E-state index contributed by atoms with van der Waals surface area (Å²) < 4.78 is 22.2. The van der Waals surface area contributed by atoms with Crippen molar-refractivity contribution in [3.05, 3.63) is 0 Å². The molecule has 0 heterocycles. The molecule has 2 unspecified atom stereocenters. The van der Waals surface area contributed by atoms with Crippen molar-refractivity contribution < 1.29 is 13.2 Å². The Balaban J connectivity index is 4.42. The van der Waals surface area contributed by atoms with Crippen molar-refractivity contribution in [1.82, 2.24) is 10.2 Å². The predicted molar refractivity (Wildman–Crippen MR) is 86.9 cm³/mol. The molecular weight excluding hydrogens is 290 g/mol. The average molecular weight is 321 g/mol. The van der Waals surface area contributed by atoms with E-state index in [1.54, 1.807) is 0 Å². The van der Waals surface area contributed by atoms with Crippen molar-refractivity contribution in [2.24, 2.45) is 11.7 Å². The summed E-state index contributed by atoms with van der Waals surface area (Å²) in [4.78, 5) is 14.0. The minimum atomic E-state index is -3.09. The number of carbonyl (C=O) groups is 1. The molecule has 0 aliphatic carbocycles. The molecule has 0 aliphatic rings. The SMILES string of the molecule is CCC(CC)C(CNC(=O)C(N)CCS(C)(=O)=O)N(C)C. The van der Waals surface area contributed by atoms with Crippen molar-refractivity contribution in [2.45, 2.75) is 45.2 Å². The number of nitrogens with one attached hydrogen (secondary N) is 1. The van der Waals surface area contributed by atoms with Crippen LogP contribution in [0.15, 0.2) is 0 Å². The first kappa shape index (κ1) is 20.3. The van der Waals surface area contributed by atoms with Gasteiger partial charge in [0.15, 0.2) is 0 Å². The molecule has 1 amide bonds. The van der Waals surface area contributed by atoms with Crippen LogP contribution in [0.1, 0.15) is 33.1 Å². The minimum absolute atomic E-state index is 0.0642. The van der Waals surface area contributed by atoms with Gasteiger partial charge in [0.25, 0.3) is 0 Å². The van der Waals surface area contributed by atoms with Crippen LogP contribution < -0.4 is 11.1 Å². The molecule has 7 heteroatoms. The van der Waals surface area contributed by atoms with Gasteiger partial charge in [-0.1, -0.05) is 26.7 Å². The van der Waals surface area contributed by atoms with Crippen LogP contribution in [-0.2, 0) is 14.6 Å². The third-order valence-electron chi connectivity index (χ3n) is 3.88. The maximum atomic E-state index is 11.9. The van der Waals surface area contributed by atoms with Crippen LogP contribution in [-0.4, -0.2) is 64.0 Å². The number of carbonyl (C=O) groups excluding carboxylic acids is 1. The molecule has 126 valence electrons. The second-order valence-corrected chi connectivity index (χ2v) is 8.14. The average Bonchev–Trinajstić information content (AvgIpc) is 2.39. The third-order valence-corrected chi connectivity index (χ3v) is 4.86. The molecule has 0 aromatic rings. The summed E-state index contributed by atoms with van der Waals surface area (Å²) in [5, 5.41) is 2.85. The first-order valence-corrected chi connectivity index (χ1v) is 9.55. The number of rotatable bonds is 10. The Morgan fingerprint density at radius 3 is 2.14 bits per heavy atom. The smallest absolute Gasteiger partial charge is 0.237 e. The monoisotopic (exact) mass is 321 g/mol. The van der Waals surface area contributed by atoms with Crippen LogP contribution in [0, 0.1) is 5.92 Å². The number of hydrogen-bond donors (Lipinski definition) is 2. The molecule has 0 radical (unpaired) electrons. The van der Waals surface area contributed by atoms with Gasteiger partial charge in [0.05, 0.1) is 11.8 Å². The van der Waals surface area contributed by atoms with Crippen molar-refractivity contribution >= 4 is 15.7 Å². The highest BCUT2D eigenvalue weighted by atomic mass is 32.2. The highest BCUT2D eigenvalue weighted by Gasteiger charge is 2.23. The van der Waals surface area contributed by atoms with E-state index in [4.69, 9.17) is 5.73 Å². The number of nitrogens with zero attached hydrogens (tertiary/aromatic N) is 1. The van der Waals surface area contributed by atoms with Crippen molar-refractivity contribution in [2.75, 3.05) is 32.6 Å². The van der Waals surface area contributed by atoms with Gasteiger partial charge < -0.3 is 16.0 Å². The maximum Gasteiger partial charge on any atom is 0.237 e. The fraction of sp³-hybridized carbons (Fsp3) is 0.929. The molecule has 0 saturated carbocycles. The van der Waals surface area contributed by atoms with Crippen LogP contribution in [0.2, 0.25) is 0 Å². The zero-order valence-electron chi connectivity index (χ0n) is 13.9. The summed E-state index contributed by atoms with van der Waals surface area (Å²) in [5.41, 5.74) is 5.74. The molecule has 0 aromatic carbocycles. The van der Waals surface area contributed by atoms with Gasteiger partial charge in [0.2, 0.25) is 5.91 Å².